The predicted octanol–water partition coefficient (Wildman–Crippen LogP) is 4.83. The van der Waals surface area contributed by atoms with Gasteiger partial charge in [-0.25, -0.2) is 0 Å². The third-order valence-corrected chi connectivity index (χ3v) is 10.9. The molecule has 0 heterocycles. The molecule has 8 atom stereocenters. The van der Waals surface area contributed by atoms with Gasteiger partial charge in [-0.3, -0.25) is 14.4 Å². The number of hydrogen-bond acceptors (Lipinski definition) is 6. The molecule has 0 aromatic carbocycles. The van der Waals surface area contributed by atoms with E-state index in [1.807, 2.05) is 0 Å². The van der Waals surface area contributed by atoms with Gasteiger partial charge >= 0.3 is 17.9 Å². The summed E-state index contributed by atoms with van der Waals surface area (Å²) in [6, 6.07) is 0. The van der Waals surface area contributed by atoms with Gasteiger partial charge in [-0.15, -0.1) is 0 Å². The maximum absolute atomic E-state index is 12.3. The van der Waals surface area contributed by atoms with Crippen LogP contribution in [0.1, 0.15) is 92.4 Å². The molecule has 6 nitrogen and oxygen atoms in total. The fourth-order valence-corrected chi connectivity index (χ4v) is 9.62. The van der Waals surface area contributed by atoms with E-state index in [1.165, 1.54) is 59.3 Å². The van der Waals surface area contributed by atoms with Crippen molar-refractivity contribution in [2.75, 3.05) is 6.61 Å². The molecule has 5 aliphatic carbocycles. The molecular weight excluding hydrogens is 420 g/mol. The number of esters is 3. The zero-order chi connectivity index (χ0) is 23.8. The van der Waals surface area contributed by atoms with Gasteiger partial charge in [-0.05, 0) is 86.4 Å². The Bertz CT molecular complexity index is 863. The molecule has 5 aliphatic rings. The van der Waals surface area contributed by atoms with E-state index in [2.05, 4.69) is 13.8 Å². The maximum Gasteiger partial charge on any atom is 0.302 e. The summed E-state index contributed by atoms with van der Waals surface area (Å²) >= 11 is 0. The van der Waals surface area contributed by atoms with E-state index in [0.29, 0.717) is 11.3 Å². The summed E-state index contributed by atoms with van der Waals surface area (Å²) < 4.78 is 17.6. The molecule has 0 radical (unpaired) electrons. The third kappa shape index (κ3) is 3.36. The molecule has 2 bridgehead atoms. The fourth-order valence-electron chi connectivity index (χ4n) is 9.62. The van der Waals surface area contributed by atoms with Crippen LogP contribution in [0.3, 0.4) is 0 Å². The third-order valence-electron chi connectivity index (χ3n) is 10.9. The smallest absolute Gasteiger partial charge is 0.302 e. The molecule has 2 spiro atoms. The summed E-state index contributed by atoms with van der Waals surface area (Å²) in [4.78, 5) is 36.1. The van der Waals surface area contributed by atoms with E-state index in [0.717, 1.165) is 25.2 Å². The molecule has 0 saturated heterocycles. The molecule has 184 valence electrons. The number of fused-ring (bicyclic) bond motifs is 4. The molecule has 5 saturated carbocycles. The molecule has 33 heavy (non-hydrogen) atoms. The molecule has 0 aromatic rings. The number of rotatable bonds is 4. The molecule has 5 fully saturated rings. The number of hydrogen-bond donors (Lipinski definition) is 0. The number of carbonyl (C=O) groups excluding carboxylic acids is 3. The molecule has 0 amide bonds. The van der Waals surface area contributed by atoms with Crippen LogP contribution >= 0.6 is 0 Å². The first kappa shape index (κ1) is 23.2. The van der Waals surface area contributed by atoms with Crippen LogP contribution in [0, 0.1) is 39.4 Å². The van der Waals surface area contributed by atoms with Crippen LogP contribution in [-0.4, -0.2) is 36.7 Å². The highest BCUT2D eigenvalue weighted by Gasteiger charge is 2.74. The van der Waals surface area contributed by atoms with E-state index in [1.54, 1.807) is 0 Å². The molecule has 0 N–H and O–H groups in total. The van der Waals surface area contributed by atoms with Crippen molar-refractivity contribution in [3.8, 4) is 0 Å². The van der Waals surface area contributed by atoms with Gasteiger partial charge in [0.25, 0.3) is 0 Å². The Labute approximate surface area is 197 Å². The summed E-state index contributed by atoms with van der Waals surface area (Å²) in [6.07, 6.45) is 9.60. The van der Waals surface area contributed by atoms with Gasteiger partial charge in [-0.1, -0.05) is 13.8 Å². The normalized spacial score (nSPS) is 46.6. The largest absolute Gasteiger partial charge is 0.465 e. The zero-order valence-electron chi connectivity index (χ0n) is 20.9. The Morgan fingerprint density at radius 1 is 0.818 bits per heavy atom. The van der Waals surface area contributed by atoms with Crippen molar-refractivity contribution in [1.82, 2.24) is 0 Å². The Morgan fingerprint density at radius 3 is 2.09 bits per heavy atom. The Morgan fingerprint density at radius 2 is 1.48 bits per heavy atom. The van der Waals surface area contributed by atoms with Crippen LogP contribution in [0.2, 0.25) is 0 Å². The quantitative estimate of drug-likeness (QED) is 0.442. The van der Waals surface area contributed by atoms with Gasteiger partial charge in [0, 0.05) is 31.6 Å². The van der Waals surface area contributed by atoms with E-state index >= 15 is 0 Å². The Hall–Kier alpha value is -1.59. The minimum Gasteiger partial charge on any atom is -0.465 e. The molecular formula is C27H40O6. The second kappa shape index (κ2) is 7.45. The summed E-state index contributed by atoms with van der Waals surface area (Å²) in [5.41, 5.74) is 0.0734. The second-order valence-electron chi connectivity index (χ2n) is 12.6. The molecule has 5 rings (SSSR count). The van der Waals surface area contributed by atoms with Crippen LogP contribution in [0.25, 0.3) is 0 Å². The average molecular weight is 461 g/mol. The van der Waals surface area contributed by atoms with Crippen molar-refractivity contribution >= 4 is 17.9 Å². The summed E-state index contributed by atoms with van der Waals surface area (Å²) in [6.45, 7) is 9.19. The molecule has 0 aromatic heterocycles. The summed E-state index contributed by atoms with van der Waals surface area (Å²) in [5.74, 6) is 0.560. The first-order valence-electron chi connectivity index (χ1n) is 12.9. The predicted molar refractivity (Wildman–Crippen MR) is 121 cm³/mol. The highest BCUT2D eigenvalue weighted by atomic mass is 16.6. The van der Waals surface area contributed by atoms with Crippen molar-refractivity contribution < 1.29 is 28.6 Å². The van der Waals surface area contributed by atoms with Crippen LogP contribution in [0.5, 0.6) is 0 Å². The van der Waals surface area contributed by atoms with Crippen molar-refractivity contribution in [3.05, 3.63) is 0 Å². The lowest BCUT2D eigenvalue weighted by Crippen LogP contribution is -2.66. The van der Waals surface area contributed by atoms with Crippen molar-refractivity contribution in [2.24, 2.45) is 39.4 Å². The van der Waals surface area contributed by atoms with E-state index in [-0.39, 0.29) is 53.5 Å². The van der Waals surface area contributed by atoms with Crippen LogP contribution in [0.4, 0.5) is 0 Å². The van der Waals surface area contributed by atoms with Crippen LogP contribution < -0.4 is 0 Å². The van der Waals surface area contributed by atoms with E-state index in [9.17, 15) is 14.4 Å². The standard InChI is InChI=1S/C27H40O6/c1-16(28)31-15-25(5)21-12-23(33-18(3)30)27-13-19(26(14-27)10-11-26)6-7-20(27)24(21,4)9-8-22(25)32-17(2)29/h19-23H,6-15H2,1-5H3/t19-,20-,21?,22+,23-,24-,25+,27+/m0/s1. The van der Waals surface area contributed by atoms with E-state index < -0.39 is 5.41 Å². The highest BCUT2D eigenvalue weighted by molar-refractivity contribution is 5.67. The topological polar surface area (TPSA) is 78.9 Å². The lowest BCUT2D eigenvalue weighted by molar-refractivity contribution is -0.243. The van der Waals surface area contributed by atoms with Crippen molar-refractivity contribution in [3.63, 3.8) is 0 Å². The zero-order valence-corrected chi connectivity index (χ0v) is 20.9. The van der Waals surface area contributed by atoms with Crippen molar-refractivity contribution in [2.45, 2.75) is 105 Å². The first-order chi connectivity index (χ1) is 15.5. The van der Waals surface area contributed by atoms with Gasteiger partial charge in [-0.2, -0.15) is 0 Å². The minimum atomic E-state index is -0.517. The molecule has 1 unspecified atom stereocenters. The lowest BCUT2D eigenvalue weighted by Gasteiger charge is -2.66. The average Bonchev–Trinajstić information content (AvgIpc) is 3.45. The van der Waals surface area contributed by atoms with Gasteiger partial charge in [0.2, 0.25) is 0 Å². The number of ether oxygens (including phenoxy) is 3. The van der Waals surface area contributed by atoms with Gasteiger partial charge in [0.05, 0.1) is 0 Å². The first-order valence-corrected chi connectivity index (χ1v) is 12.9. The lowest BCUT2D eigenvalue weighted by atomic mass is 9.39. The second-order valence-corrected chi connectivity index (χ2v) is 12.6. The van der Waals surface area contributed by atoms with Gasteiger partial charge in [0.15, 0.2) is 0 Å². The van der Waals surface area contributed by atoms with Crippen LogP contribution in [-0.2, 0) is 28.6 Å². The Balaban J connectivity index is 1.56. The monoisotopic (exact) mass is 460 g/mol. The van der Waals surface area contributed by atoms with Crippen LogP contribution in [0.15, 0.2) is 0 Å². The molecule has 6 heteroatoms. The minimum absolute atomic E-state index is 0.0353. The fraction of sp³-hybridized carbons (Fsp3) is 0.889. The maximum atomic E-state index is 12.3. The van der Waals surface area contributed by atoms with Gasteiger partial charge in [0.1, 0.15) is 18.8 Å². The summed E-state index contributed by atoms with van der Waals surface area (Å²) in [5, 5.41) is 0. The summed E-state index contributed by atoms with van der Waals surface area (Å²) in [7, 11) is 0. The molecule has 0 aliphatic heterocycles. The van der Waals surface area contributed by atoms with E-state index in [4.69, 9.17) is 14.2 Å². The number of carbonyl (C=O) groups is 3. The van der Waals surface area contributed by atoms with Gasteiger partial charge < -0.3 is 14.2 Å². The van der Waals surface area contributed by atoms with Crippen molar-refractivity contribution in [1.29, 1.82) is 0 Å². The Kier molecular flexibility index (Phi) is 5.23. The SMILES string of the molecule is CC(=O)OC[C@]1(C)C2C[C@H](OC(C)=O)[C@@]34C[C@H](CC[C@H]3[C@]2(C)CC[C@H]1OC(C)=O)C1(CC1)C4. The highest BCUT2D eigenvalue weighted by Crippen LogP contribution is 2.79.